The number of thioether (sulfide) groups is 1. The van der Waals surface area contributed by atoms with Gasteiger partial charge in [-0.3, -0.25) is 4.79 Å². The van der Waals surface area contributed by atoms with E-state index in [4.69, 9.17) is 4.74 Å². The smallest absolute Gasteiger partial charge is 0.325 e. The molecule has 1 aliphatic carbocycles. The van der Waals surface area contributed by atoms with Crippen LogP contribution in [0.25, 0.3) is 0 Å². The summed E-state index contributed by atoms with van der Waals surface area (Å²) < 4.78 is 6.80. The monoisotopic (exact) mass is 313 g/mol. The lowest BCUT2D eigenvalue weighted by atomic mass is 9.99. The van der Waals surface area contributed by atoms with Gasteiger partial charge in [0.2, 0.25) is 5.16 Å². The van der Waals surface area contributed by atoms with Crippen LogP contribution in [0.2, 0.25) is 0 Å². The van der Waals surface area contributed by atoms with Crippen LogP contribution in [-0.2, 0) is 9.53 Å². The van der Waals surface area contributed by atoms with E-state index >= 15 is 0 Å². The number of tetrazole rings is 1. The minimum absolute atomic E-state index is 0.224. The van der Waals surface area contributed by atoms with Crippen molar-refractivity contribution in [3.63, 3.8) is 0 Å². The number of ether oxygens (including phenoxy) is 1. The third-order valence-electron chi connectivity index (χ3n) is 3.59. The summed E-state index contributed by atoms with van der Waals surface area (Å²) in [7, 11) is 1.43. The Hall–Kier alpha value is -1.15. The van der Waals surface area contributed by atoms with Crippen molar-refractivity contribution in [3.05, 3.63) is 0 Å². The molecule has 118 valence electrons. The number of nitrogens with one attached hydrogen (secondary N) is 1. The predicted molar refractivity (Wildman–Crippen MR) is 80.1 cm³/mol. The minimum Gasteiger partial charge on any atom is -0.468 e. The quantitative estimate of drug-likeness (QED) is 0.545. The van der Waals surface area contributed by atoms with Crippen molar-refractivity contribution >= 4 is 17.7 Å². The summed E-state index contributed by atoms with van der Waals surface area (Å²) in [5, 5.41) is 15.9. The second kappa shape index (κ2) is 7.22. The van der Waals surface area contributed by atoms with Crippen molar-refractivity contribution in [2.75, 3.05) is 19.4 Å². The molecule has 21 heavy (non-hydrogen) atoms. The number of carbonyl (C=O) groups is 1. The van der Waals surface area contributed by atoms with Crippen molar-refractivity contribution in [2.45, 2.75) is 56.3 Å². The molecule has 1 atom stereocenters. The largest absolute Gasteiger partial charge is 0.468 e. The highest BCUT2D eigenvalue weighted by Crippen LogP contribution is 2.36. The zero-order chi connectivity index (χ0) is 15.3. The van der Waals surface area contributed by atoms with E-state index in [1.54, 1.807) is 11.8 Å². The van der Waals surface area contributed by atoms with Crippen LogP contribution in [0.15, 0.2) is 5.16 Å². The fourth-order valence-electron chi connectivity index (χ4n) is 2.06. The molecule has 2 rings (SSSR count). The molecule has 0 radical (unpaired) electrons. The van der Waals surface area contributed by atoms with Gasteiger partial charge in [-0.15, -0.1) is 5.10 Å². The molecule has 0 aromatic carbocycles. The van der Waals surface area contributed by atoms with Crippen molar-refractivity contribution in [1.29, 1.82) is 0 Å². The van der Waals surface area contributed by atoms with Gasteiger partial charge < -0.3 is 10.1 Å². The molecule has 0 saturated heterocycles. The van der Waals surface area contributed by atoms with Gasteiger partial charge in [0, 0.05) is 5.75 Å². The Kier molecular flexibility index (Phi) is 5.58. The highest BCUT2D eigenvalue weighted by Gasteiger charge is 2.34. The van der Waals surface area contributed by atoms with Gasteiger partial charge in [-0.2, -0.15) is 0 Å². The van der Waals surface area contributed by atoms with Crippen LogP contribution >= 0.6 is 11.8 Å². The zero-order valence-corrected chi connectivity index (χ0v) is 13.7. The SMILES string of the molecule is CCCNC(C)(CCSc1nnnn1C1CC1)C(=O)OC. The maximum absolute atomic E-state index is 12.0. The van der Waals surface area contributed by atoms with Crippen LogP contribution in [0.5, 0.6) is 0 Å². The first-order chi connectivity index (χ1) is 10.1. The lowest BCUT2D eigenvalue weighted by molar-refractivity contribution is -0.148. The topological polar surface area (TPSA) is 81.9 Å². The fourth-order valence-corrected chi connectivity index (χ4v) is 3.17. The van der Waals surface area contributed by atoms with Gasteiger partial charge >= 0.3 is 5.97 Å². The van der Waals surface area contributed by atoms with Crippen LogP contribution in [0, 0.1) is 0 Å². The van der Waals surface area contributed by atoms with Crippen molar-refractivity contribution < 1.29 is 9.53 Å². The van der Waals surface area contributed by atoms with Gasteiger partial charge in [-0.1, -0.05) is 18.7 Å². The van der Waals surface area contributed by atoms with Gasteiger partial charge in [0.15, 0.2) is 0 Å². The maximum Gasteiger partial charge on any atom is 0.325 e. The molecule has 1 unspecified atom stereocenters. The number of methoxy groups -OCH3 is 1. The summed E-state index contributed by atoms with van der Waals surface area (Å²) in [6.07, 6.45) is 3.94. The Morgan fingerprint density at radius 3 is 2.95 bits per heavy atom. The standard InChI is InChI=1S/C13H23N5O2S/c1-4-8-14-13(2,11(19)20-3)7-9-21-12-15-16-17-18(12)10-5-6-10/h10,14H,4-9H2,1-3H3. The molecule has 1 heterocycles. The molecule has 0 bridgehead atoms. The van der Waals surface area contributed by atoms with Crippen LogP contribution in [-0.4, -0.2) is 51.1 Å². The molecule has 0 amide bonds. The molecular weight excluding hydrogens is 290 g/mol. The summed E-state index contributed by atoms with van der Waals surface area (Å²) in [5.74, 6) is 0.536. The van der Waals surface area contributed by atoms with Gasteiger partial charge in [-0.05, 0) is 49.6 Å². The number of nitrogens with zero attached hydrogens (tertiary/aromatic N) is 4. The van der Waals surface area contributed by atoms with E-state index in [1.807, 2.05) is 11.6 Å². The molecule has 1 aliphatic rings. The maximum atomic E-state index is 12.0. The summed E-state index contributed by atoms with van der Waals surface area (Å²) in [4.78, 5) is 12.0. The number of hydrogen-bond acceptors (Lipinski definition) is 7. The summed E-state index contributed by atoms with van der Waals surface area (Å²) in [6, 6.07) is 0.465. The summed E-state index contributed by atoms with van der Waals surface area (Å²) in [5.41, 5.74) is -0.657. The molecule has 1 saturated carbocycles. The first kappa shape index (κ1) is 16.2. The van der Waals surface area contributed by atoms with Crippen LogP contribution in [0.3, 0.4) is 0 Å². The number of rotatable bonds is 9. The second-order valence-corrected chi connectivity index (χ2v) is 6.55. The Labute approximate surface area is 129 Å². The first-order valence-corrected chi connectivity index (χ1v) is 8.33. The average Bonchev–Trinajstić information content (AvgIpc) is 3.23. The zero-order valence-electron chi connectivity index (χ0n) is 12.8. The summed E-state index contributed by atoms with van der Waals surface area (Å²) >= 11 is 1.59. The summed E-state index contributed by atoms with van der Waals surface area (Å²) in [6.45, 7) is 4.75. The molecule has 0 aliphatic heterocycles. The highest BCUT2D eigenvalue weighted by molar-refractivity contribution is 7.99. The Balaban J connectivity index is 1.88. The lowest BCUT2D eigenvalue weighted by Gasteiger charge is -2.27. The van der Waals surface area contributed by atoms with E-state index in [9.17, 15) is 4.79 Å². The Bertz CT molecular complexity index is 477. The molecule has 1 aromatic heterocycles. The molecule has 8 heteroatoms. The third-order valence-corrected chi connectivity index (χ3v) is 4.52. The van der Waals surface area contributed by atoms with Crippen LogP contribution < -0.4 is 5.32 Å². The molecular formula is C13H23N5O2S. The van der Waals surface area contributed by atoms with Crippen molar-refractivity contribution in [1.82, 2.24) is 25.5 Å². The van der Waals surface area contributed by atoms with Crippen molar-refractivity contribution in [3.8, 4) is 0 Å². The molecule has 7 nitrogen and oxygen atoms in total. The molecule has 1 fully saturated rings. The number of carbonyl (C=O) groups excluding carboxylic acids is 1. The van der Waals surface area contributed by atoms with E-state index in [2.05, 4.69) is 27.8 Å². The fraction of sp³-hybridized carbons (Fsp3) is 0.846. The number of hydrogen-bond donors (Lipinski definition) is 1. The van der Waals surface area contributed by atoms with Crippen LogP contribution in [0.1, 0.15) is 45.6 Å². The Morgan fingerprint density at radius 1 is 1.57 bits per heavy atom. The van der Waals surface area contributed by atoms with Gasteiger partial charge in [-0.25, -0.2) is 4.68 Å². The first-order valence-electron chi connectivity index (χ1n) is 7.35. The highest BCUT2D eigenvalue weighted by atomic mass is 32.2. The molecule has 1 aromatic rings. The van der Waals surface area contributed by atoms with Gasteiger partial charge in [0.25, 0.3) is 0 Å². The van der Waals surface area contributed by atoms with Crippen LogP contribution in [0.4, 0.5) is 0 Å². The minimum atomic E-state index is -0.657. The van der Waals surface area contributed by atoms with Gasteiger partial charge in [0.05, 0.1) is 13.2 Å². The van der Waals surface area contributed by atoms with Gasteiger partial charge in [0.1, 0.15) is 5.54 Å². The Morgan fingerprint density at radius 2 is 2.33 bits per heavy atom. The van der Waals surface area contributed by atoms with E-state index in [-0.39, 0.29) is 5.97 Å². The van der Waals surface area contributed by atoms with E-state index in [0.717, 1.165) is 36.7 Å². The average molecular weight is 313 g/mol. The van der Waals surface area contributed by atoms with E-state index < -0.39 is 5.54 Å². The normalized spacial score (nSPS) is 17.5. The molecule has 1 N–H and O–H groups in total. The predicted octanol–water partition coefficient (Wildman–Crippen LogP) is 1.42. The lowest BCUT2D eigenvalue weighted by Crippen LogP contribution is -2.50. The van der Waals surface area contributed by atoms with E-state index in [1.165, 1.54) is 7.11 Å². The van der Waals surface area contributed by atoms with E-state index in [0.29, 0.717) is 12.5 Å². The third kappa shape index (κ3) is 4.16. The molecule has 0 spiro atoms. The number of aromatic nitrogens is 4. The number of esters is 1. The van der Waals surface area contributed by atoms with Crippen molar-refractivity contribution in [2.24, 2.45) is 0 Å². The second-order valence-electron chi connectivity index (χ2n) is 5.49.